The van der Waals surface area contributed by atoms with E-state index in [0.29, 0.717) is 13.0 Å². The van der Waals surface area contributed by atoms with Gasteiger partial charge in [-0.1, -0.05) is 174 Å². The first-order valence-corrected chi connectivity index (χ1v) is 21.5. The summed E-state index contributed by atoms with van der Waals surface area (Å²) < 4.78 is 26.9. The molecule has 0 saturated heterocycles. The number of hydrogen-bond acceptors (Lipinski definition) is 5. The van der Waals surface area contributed by atoms with Crippen molar-refractivity contribution in [2.24, 2.45) is 0 Å². The smallest absolute Gasteiger partial charge is 0.457 e. The molecule has 0 rings (SSSR count). The molecule has 0 aromatic carbocycles. The van der Waals surface area contributed by atoms with Gasteiger partial charge in [0.1, 0.15) is 6.10 Å². The zero-order valence-corrected chi connectivity index (χ0v) is 31.8. The van der Waals surface area contributed by atoms with Crippen molar-refractivity contribution in [1.82, 2.24) is 0 Å². The minimum Gasteiger partial charge on any atom is -0.457 e. The number of unbranched alkanes of at least 4 members (excludes halogenated alkanes) is 26. The van der Waals surface area contributed by atoms with Gasteiger partial charge in [-0.05, 0) is 38.5 Å². The topological polar surface area (TPSA) is 102 Å². The Kier molecular flexibility index (Phi) is 36.0. The maximum Gasteiger partial charge on any atom is 0.469 e. The zero-order valence-electron chi connectivity index (χ0n) is 30.9. The predicted molar refractivity (Wildman–Crippen MR) is 198 cm³/mol. The highest BCUT2D eigenvalue weighted by atomic mass is 31.2. The fourth-order valence-electron chi connectivity index (χ4n) is 5.85. The SMILES string of the molecule is CCCCCCCC/C=C\CCCCCCCCCC(=O)O[C@H](COCCCCCCCCCCCCCCCC)COP(=O)(O)O. The van der Waals surface area contributed by atoms with E-state index in [4.69, 9.17) is 19.3 Å². The van der Waals surface area contributed by atoms with Crippen molar-refractivity contribution >= 4 is 13.8 Å². The van der Waals surface area contributed by atoms with Crippen molar-refractivity contribution in [3.63, 3.8) is 0 Å². The van der Waals surface area contributed by atoms with Crippen LogP contribution in [0.2, 0.25) is 0 Å². The zero-order chi connectivity index (χ0) is 34.5. The van der Waals surface area contributed by atoms with Crippen LogP contribution in [-0.2, 0) is 23.4 Å². The molecule has 0 aliphatic rings. The number of esters is 1. The van der Waals surface area contributed by atoms with Crippen LogP contribution in [0.15, 0.2) is 12.2 Å². The summed E-state index contributed by atoms with van der Waals surface area (Å²) in [6, 6.07) is 0. The molecule has 0 aliphatic carbocycles. The average Bonchev–Trinajstić information content (AvgIpc) is 3.04. The number of allylic oxidation sites excluding steroid dienone is 2. The fourth-order valence-corrected chi connectivity index (χ4v) is 6.21. The molecule has 0 aromatic rings. The molecule has 280 valence electrons. The summed E-state index contributed by atoms with van der Waals surface area (Å²) in [5.74, 6) is -0.364. The number of carbonyl (C=O) groups excluding carboxylic acids is 1. The van der Waals surface area contributed by atoms with Crippen LogP contribution in [0.25, 0.3) is 0 Å². The number of ether oxygens (including phenoxy) is 2. The molecule has 0 aromatic heterocycles. The van der Waals surface area contributed by atoms with Gasteiger partial charge in [-0.3, -0.25) is 9.32 Å². The third-order valence-corrected chi connectivity index (χ3v) is 9.30. The van der Waals surface area contributed by atoms with Crippen molar-refractivity contribution in [3.05, 3.63) is 12.2 Å². The second-order valence-corrected chi connectivity index (χ2v) is 14.9. The van der Waals surface area contributed by atoms with E-state index in [1.54, 1.807) is 0 Å². The Bertz CT molecular complexity index is 724. The van der Waals surface area contributed by atoms with Crippen LogP contribution in [0.3, 0.4) is 0 Å². The van der Waals surface area contributed by atoms with E-state index in [0.717, 1.165) is 32.1 Å². The van der Waals surface area contributed by atoms with Gasteiger partial charge in [0.05, 0.1) is 13.2 Å². The number of rotatable bonds is 38. The lowest BCUT2D eigenvalue weighted by molar-refractivity contribution is -0.154. The Morgan fingerprint density at radius 3 is 1.36 bits per heavy atom. The Labute approximate surface area is 291 Å². The highest BCUT2D eigenvalue weighted by molar-refractivity contribution is 7.46. The normalized spacial score (nSPS) is 12.7. The maximum absolute atomic E-state index is 12.4. The molecule has 0 saturated carbocycles. The molecule has 2 N–H and O–H groups in total. The highest BCUT2D eigenvalue weighted by Gasteiger charge is 2.21. The van der Waals surface area contributed by atoms with E-state index < -0.39 is 13.9 Å². The molecule has 0 unspecified atom stereocenters. The van der Waals surface area contributed by atoms with Gasteiger partial charge >= 0.3 is 13.8 Å². The highest BCUT2D eigenvalue weighted by Crippen LogP contribution is 2.36. The molecule has 0 heterocycles. The molecule has 47 heavy (non-hydrogen) atoms. The van der Waals surface area contributed by atoms with E-state index in [2.05, 4.69) is 30.5 Å². The quantitative estimate of drug-likeness (QED) is 0.0288. The van der Waals surface area contributed by atoms with E-state index in [1.165, 1.54) is 154 Å². The first-order valence-electron chi connectivity index (χ1n) is 20.0. The lowest BCUT2D eigenvalue weighted by Crippen LogP contribution is -2.28. The minimum atomic E-state index is -4.65. The Morgan fingerprint density at radius 2 is 0.936 bits per heavy atom. The van der Waals surface area contributed by atoms with Crippen LogP contribution >= 0.6 is 7.82 Å². The van der Waals surface area contributed by atoms with Gasteiger partial charge in [0.2, 0.25) is 0 Å². The van der Waals surface area contributed by atoms with Crippen molar-refractivity contribution in [3.8, 4) is 0 Å². The Morgan fingerprint density at radius 1 is 0.553 bits per heavy atom. The van der Waals surface area contributed by atoms with E-state index in [-0.39, 0.29) is 19.2 Å². The molecule has 1 atom stereocenters. The van der Waals surface area contributed by atoms with Crippen LogP contribution in [0.4, 0.5) is 0 Å². The third kappa shape index (κ3) is 39.6. The lowest BCUT2D eigenvalue weighted by atomic mass is 10.0. The molecular weight excluding hydrogens is 611 g/mol. The minimum absolute atomic E-state index is 0.0818. The van der Waals surface area contributed by atoms with Crippen LogP contribution in [0.1, 0.15) is 206 Å². The monoisotopic (exact) mass is 689 g/mol. The van der Waals surface area contributed by atoms with Crippen LogP contribution in [0.5, 0.6) is 0 Å². The lowest BCUT2D eigenvalue weighted by Gasteiger charge is -2.18. The van der Waals surface area contributed by atoms with Gasteiger partial charge in [-0.25, -0.2) is 4.57 Å². The number of hydrogen-bond donors (Lipinski definition) is 2. The Hall–Kier alpha value is -0.720. The van der Waals surface area contributed by atoms with Crippen LogP contribution < -0.4 is 0 Å². The summed E-state index contributed by atoms with van der Waals surface area (Å²) >= 11 is 0. The maximum atomic E-state index is 12.4. The average molecular weight is 689 g/mol. The molecular formula is C39H77O7P. The van der Waals surface area contributed by atoms with Gasteiger partial charge in [-0.2, -0.15) is 0 Å². The molecule has 0 spiro atoms. The van der Waals surface area contributed by atoms with Crippen molar-refractivity contribution in [2.45, 2.75) is 213 Å². The Balaban J connectivity index is 3.79. The molecule has 8 heteroatoms. The summed E-state index contributed by atoms with van der Waals surface area (Å²) in [6.45, 7) is 4.77. The second kappa shape index (κ2) is 36.6. The second-order valence-electron chi connectivity index (χ2n) is 13.6. The van der Waals surface area contributed by atoms with Gasteiger partial charge in [-0.15, -0.1) is 0 Å². The largest absolute Gasteiger partial charge is 0.469 e. The first kappa shape index (κ1) is 46.3. The molecule has 0 aliphatic heterocycles. The van der Waals surface area contributed by atoms with Gasteiger partial charge in [0.25, 0.3) is 0 Å². The van der Waals surface area contributed by atoms with Gasteiger partial charge < -0.3 is 19.3 Å². The number of phosphoric ester groups is 1. The van der Waals surface area contributed by atoms with Crippen molar-refractivity contribution in [2.75, 3.05) is 19.8 Å². The van der Waals surface area contributed by atoms with Crippen molar-refractivity contribution in [1.29, 1.82) is 0 Å². The summed E-state index contributed by atoms with van der Waals surface area (Å²) in [6.07, 6.45) is 40.6. The molecule has 7 nitrogen and oxygen atoms in total. The van der Waals surface area contributed by atoms with E-state index in [1.807, 2.05) is 0 Å². The van der Waals surface area contributed by atoms with Crippen molar-refractivity contribution < 1.29 is 33.1 Å². The van der Waals surface area contributed by atoms with E-state index >= 15 is 0 Å². The molecule has 0 bridgehead atoms. The van der Waals surface area contributed by atoms with Crippen LogP contribution in [0, 0.1) is 0 Å². The van der Waals surface area contributed by atoms with Crippen LogP contribution in [-0.4, -0.2) is 41.7 Å². The number of phosphoric acid groups is 1. The summed E-state index contributed by atoms with van der Waals surface area (Å²) in [5.41, 5.74) is 0. The molecule has 0 fully saturated rings. The van der Waals surface area contributed by atoms with Gasteiger partial charge in [0, 0.05) is 13.0 Å². The summed E-state index contributed by atoms with van der Waals surface area (Å²) in [5, 5.41) is 0. The predicted octanol–water partition coefficient (Wildman–Crippen LogP) is 12.3. The summed E-state index contributed by atoms with van der Waals surface area (Å²) in [7, 11) is -4.65. The first-order chi connectivity index (χ1) is 22.9. The van der Waals surface area contributed by atoms with Gasteiger partial charge in [0.15, 0.2) is 0 Å². The number of carbonyl (C=O) groups is 1. The molecule has 0 radical (unpaired) electrons. The molecule has 0 amide bonds. The fraction of sp³-hybridized carbons (Fsp3) is 0.923. The van der Waals surface area contributed by atoms with E-state index in [9.17, 15) is 9.36 Å². The standard InChI is InChI=1S/C39H77O7P/c1-3-5-7-9-11-13-15-17-19-20-21-22-24-26-28-30-32-34-39(40)46-38(37-45-47(41,42)43)36-44-35-33-31-29-27-25-23-18-16-14-12-10-8-6-4-2/h17,19,38H,3-16,18,20-37H2,1-2H3,(H2,41,42,43)/b19-17-/t38-/m1/s1. The summed E-state index contributed by atoms with van der Waals surface area (Å²) in [4.78, 5) is 30.5. The third-order valence-electron chi connectivity index (χ3n) is 8.82.